The molecule has 0 amide bonds. The largest absolute Gasteiger partial charge is 0.489 e. The average Bonchev–Trinajstić information content (AvgIpc) is 2.71. The van der Waals surface area contributed by atoms with Crippen LogP contribution in [0.1, 0.15) is 62.4 Å². The number of Topliss-reactive ketones (excluding diaryl/α,β-unsaturated/α-hetero) is 1. The molecule has 4 nitrogen and oxygen atoms in total. The van der Waals surface area contributed by atoms with Crippen molar-refractivity contribution in [3.8, 4) is 5.75 Å². The molecule has 3 aromatic carbocycles. The predicted octanol–water partition coefficient (Wildman–Crippen LogP) is 5.38. The number of carbonyl (C=O) groups is 2. The molecular weight excluding hydrogens is 388 g/mol. The molecule has 0 aliphatic rings. The van der Waals surface area contributed by atoms with Crippen LogP contribution in [0.3, 0.4) is 0 Å². The van der Waals surface area contributed by atoms with E-state index in [4.69, 9.17) is 4.74 Å². The number of ketones is 2. The summed E-state index contributed by atoms with van der Waals surface area (Å²) in [6, 6.07) is 18.2. The van der Waals surface area contributed by atoms with Crippen LogP contribution in [0.2, 0.25) is 0 Å². The Morgan fingerprint density at radius 1 is 0.871 bits per heavy atom. The molecule has 0 spiro atoms. The highest BCUT2D eigenvalue weighted by Gasteiger charge is 2.25. The summed E-state index contributed by atoms with van der Waals surface area (Å²) in [6.45, 7) is 9.16. The third kappa shape index (κ3) is 5.28. The van der Waals surface area contributed by atoms with Crippen molar-refractivity contribution >= 4 is 11.6 Å². The summed E-state index contributed by atoms with van der Waals surface area (Å²) >= 11 is 0. The van der Waals surface area contributed by atoms with E-state index in [0.717, 1.165) is 27.8 Å². The average molecular weight is 417 g/mol. The zero-order chi connectivity index (χ0) is 22.8. The van der Waals surface area contributed by atoms with Crippen molar-refractivity contribution in [3.63, 3.8) is 0 Å². The molecule has 31 heavy (non-hydrogen) atoms. The molecule has 0 atom stereocenters. The summed E-state index contributed by atoms with van der Waals surface area (Å²) in [5.41, 5.74) is 4.29. The maximum Gasteiger partial charge on any atom is 0.193 e. The van der Waals surface area contributed by atoms with Crippen molar-refractivity contribution in [2.24, 2.45) is 0 Å². The minimum Gasteiger partial charge on any atom is -0.489 e. The van der Waals surface area contributed by atoms with Gasteiger partial charge in [-0.15, -0.1) is 0 Å². The van der Waals surface area contributed by atoms with Crippen molar-refractivity contribution in [1.29, 1.82) is 0 Å². The fraction of sp³-hybridized carbons (Fsp3) is 0.259. The molecule has 0 saturated carbocycles. The Hall–Kier alpha value is -3.24. The summed E-state index contributed by atoms with van der Waals surface area (Å²) in [6.07, 6.45) is 0. The van der Waals surface area contributed by atoms with E-state index in [0.29, 0.717) is 16.9 Å². The summed E-state index contributed by atoms with van der Waals surface area (Å²) < 4.78 is 5.83. The highest BCUT2D eigenvalue weighted by Crippen LogP contribution is 2.22. The fourth-order valence-electron chi connectivity index (χ4n) is 3.71. The summed E-state index contributed by atoms with van der Waals surface area (Å²) in [5.74, 6) is 0.298. The lowest BCUT2D eigenvalue weighted by Crippen LogP contribution is -2.31. The Balaban J connectivity index is 1.71. The van der Waals surface area contributed by atoms with E-state index < -0.39 is 5.60 Å². The van der Waals surface area contributed by atoms with Crippen molar-refractivity contribution < 1.29 is 19.4 Å². The standard InChI is InChI=1S/C27H28O4/c1-17-13-18(2)24(19(3)14-17)25(28)21-9-11-23(12-10-21)31-16-20-7-6-8-22(15-20)26(29)27(4,5)30/h6-15,30H,16H2,1-5H3. The minimum atomic E-state index is -1.42. The van der Waals surface area contributed by atoms with Crippen LogP contribution in [0, 0.1) is 20.8 Å². The molecule has 0 aromatic heterocycles. The van der Waals surface area contributed by atoms with E-state index in [1.807, 2.05) is 39.0 Å². The fourth-order valence-corrected chi connectivity index (χ4v) is 3.71. The Bertz CT molecular complexity index is 1100. The van der Waals surface area contributed by atoms with Gasteiger partial charge in [-0.1, -0.05) is 35.9 Å². The number of rotatable bonds is 7. The van der Waals surface area contributed by atoms with Crippen LogP contribution in [-0.4, -0.2) is 22.3 Å². The minimum absolute atomic E-state index is 0.000572. The van der Waals surface area contributed by atoms with Gasteiger partial charge in [0.1, 0.15) is 18.0 Å². The van der Waals surface area contributed by atoms with Gasteiger partial charge >= 0.3 is 0 Å². The van der Waals surface area contributed by atoms with Crippen LogP contribution in [0.25, 0.3) is 0 Å². The number of hydrogen-bond acceptors (Lipinski definition) is 4. The first-order valence-corrected chi connectivity index (χ1v) is 10.3. The highest BCUT2D eigenvalue weighted by atomic mass is 16.5. The van der Waals surface area contributed by atoms with Gasteiger partial charge < -0.3 is 9.84 Å². The van der Waals surface area contributed by atoms with Crippen LogP contribution in [0.15, 0.2) is 60.7 Å². The number of hydrogen-bond donors (Lipinski definition) is 1. The van der Waals surface area contributed by atoms with E-state index >= 15 is 0 Å². The zero-order valence-corrected chi connectivity index (χ0v) is 18.7. The molecule has 0 aliphatic carbocycles. The van der Waals surface area contributed by atoms with Gasteiger partial charge in [-0.05, 0) is 81.6 Å². The van der Waals surface area contributed by atoms with Crippen molar-refractivity contribution in [3.05, 3.63) is 99.6 Å². The molecule has 1 N–H and O–H groups in total. The molecule has 4 heteroatoms. The lowest BCUT2D eigenvalue weighted by atomic mass is 9.93. The summed E-state index contributed by atoms with van der Waals surface area (Å²) in [4.78, 5) is 25.2. The summed E-state index contributed by atoms with van der Waals surface area (Å²) in [7, 11) is 0. The quantitative estimate of drug-likeness (QED) is 0.526. The first-order chi connectivity index (χ1) is 14.6. The lowest BCUT2D eigenvalue weighted by molar-refractivity contribution is 0.0488. The molecule has 3 aromatic rings. The maximum absolute atomic E-state index is 13.0. The van der Waals surface area contributed by atoms with Crippen LogP contribution in [0.4, 0.5) is 0 Å². The Morgan fingerprint density at radius 2 is 1.48 bits per heavy atom. The van der Waals surface area contributed by atoms with Gasteiger partial charge in [0.25, 0.3) is 0 Å². The zero-order valence-electron chi connectivity index (χ0n) is 18.7. The second-order valence-electron chi connectivity index (χ2n) is 8.50. The smallest absolute Gasteiger partial charge is 0.193 e. The monoisotopic (exact) mass is 416 g/mol. The SMILES string of the molecule is Cc1cc(C)c(C(=O)c2ccc(OCc3cccc(C(=O)C(C)(C)O)c3)cc2)c(C)c1. The Kier molecular flexibility index (Phi) is 6.42. The van der Waals surface area contributed by atoms with Crippen molar-refractivity contribution in [2.45, 2.75) is 46.8 Å². The van der Waals surface area contributed by atoms with E-state index in [1.165, 1.54) is 13.8 Å². The van der Waals surface area contributed by atoms with Gasteiger partial charge in [-0.3, -0.25) is 9.59 Å². The topological polar surface area (TPSA) is 63.6 Å². The van der Waals surface area contributed by atoms with E-state index in [-0.39, 0.29) is 18.2 Å². The molecule has 160 valence electrons. The number of carbonyl (C=O) groups excluding carboxylic acids is 2. The van der Waals surface area contributed by atoms with Gasteiger partial charge in [0, 0.05) is 16.7 Å². The summed E-state index contributed by atoms with van der Waals surface area (Å²) in [5, 5.41) is 9.93. The molecule has 0 aliphatic heterocycles. The number of aryl methyl sites for hydroxylation is 3. The lowest BCUT2D eigenvalue weighted by Gasteiger charge is -2.16. The first kappa shape index (κ1) is 22.4. The third-order valence-electron chi connectivity index (χ3n) is 5.17. The highest BCUT2D eigenvalue weighted by molar-refractivity contribution is 6.10. The second-order valence-corrected chi connectivity index (χ2v) is 8.50. The van der Waals surface area contributed by atoms with Crippen LogP contribution in [0.5, 0.6) is 5.75 Å². The molecule has 0 bridgehead atoms. The van der Waals surface area contributed by atoms with Gasteiger partial charge in [0.2, 0.25) is 0 Å². The maximum atomic E-state index is 13.0. The molecule has 3 rings (SSSR count). The molecule has 0 unspecified atom stereocenters. The van der Waals surface area contributed by atoms with E-state index in [1.54, 1.807) is 42.5 Å². The number of ether oxygens (including phenoxy) is 1. The van der Waals surface area contributed by atoms with Crippen LogP contribution in [-0.2, 0) is 6.61 Å². The number of benzene rings is 3. The van der Waals surface area contributed by atoms with Gasteiger partial charge in [-0.2, -0.15) is 0 Å². The predicted molar refractivity (Wildman–Crippen MR) is 122 cm³/mol. The number of aliphatic hydroxyl groups is 1. The van der Waals surface area contributed by atoms with Crippen molar-refractivity contribution in [1.82, 2.24) is 0 Å². The van der Waals surface area contributed by atoms with E-state index in [2.05, 4.69) is 0 Å². The molecule has 0 heterocycles. The first-order valence-electron chi connectivity index (χ1n) is 10.3. The van der Waals surface area contributed by atoms with Crippen molar-refractivity contribution in [2.75, 3.05) is 0 Å². The van der Waals surface area contributed by atoms with Gasteiger partial charge in [-0.25, -0.2) is 0 Å². The van der Waals surface area contributed by atoms with Crippen LogP contribution >= 0.6 is 0 Å². The second kappa shape index (κ2) is 8.86. The molecule has 0 radical (unpaired) electrons. The third-order valence-corrected chi connectivity index (χ3v) is 5.17. The van der Waals surface area contributed by atoms with Crippen LogP contribution < -0.4 is 4.74 Å². The normalized spacial score (nSPS) is 11.3. The van der Waals surface area contributed by atoms with E-state index in [9.17, 15) is 14.7 Å². The van der Waals surface area contributed by atoms with Gasteiger partial charge in [0.05, 0.1) is 0 Å². The molecular formula is C27H28O4. The van der Waals surface area contributed by atoms with Gasteiger partial charge in [0.15, 0.2) is 11.6 Å². The molecule has 0 fully saturated rings. The Morgan fingerprint density at radius 3 is 2.06 bits per heavy atom. The Labute approximate surface area is 183 Å². The molecule has 0 saturated heterocycles.